The predicted octanol–water partition coefficient (Wildman–Crippen LogP) is 6.49. The van der Waals surface area contributed by atoms with Gasteiger partial charge in [-0.05, 0) is 89.3 Å². The van der Waals surface area contributed by atoms with Crippen LogP contribution in [-0.2, 0) is 0 Å². The van der Waals surface area contributed by atoms with Crippen molar-refractivity contribution < 1.29 is 19.7 Å². The minimum atomic E-state index is -0.558. The molecule has 0 saturated heterocycles. The molecular formula is C34H55ClN2O4. The molecule has 0 heterocycles. The molecule has 6 nitrogen and oxygen atoms in total. The van der Waals surface area contributed by atoms with Gasteiger partial charge in [-0.25, -0.2) is 0 Å². The van der Waals surface area contributed by atoms with E-state index in [4.69, 9.17) is 9.47 Å². The van der Waals surface area contributed by atoms with Crippen LogP contribution in [0.15, 0.2) is 48.5 Å². The van der Waals surface area contributed by atoms with Gasteiger partial charge >= 0.3 is 0 Å². The van der Waals surface area contributed by atoms with E-state index < -0.39 is 11.2 Å². The van der Waals surface area contributed by atoms with Crippen LogP contribution in [0.25, 0.3) is 0 Å². The highest BCUT2D eigenvalue weighted by atomic mass is 35.5. The maximum atomic E-state index is 11.1. The minimum absolute atomic E-state index is 0. The molecule has 2 fully saturated rings. The van der Waals surface area contributed by atoms with Crippen molar-refractivity contribution in [2.24, 2.45) is 0 Å². The van der Waals surface area contributed by atoms with Gasteiger partial charge in [-0.2, -0.15) is 0 Å². The average molecular weight is 591 g/mol. The molecule has 0 amide bonds. The van der Waals surface area contributed by atoms with Crippen molar-refractivity contribution in [3.05, 3.63) is 59.7 Å². The molecule has 2 saturated carbocycles. The standard InChI is InChI=1S/2C17H27NO2.ClH/c2*1-18(2)13-16(17(19)11-5-4-6-12-17)14-7-9-15(20-3)10-8-14;/h2*7-10,16,19H,4-6,11-13H2,1-3H3;1H. The first-order chi connectivity index (χ1) is 19.1. The van der Waals surface area contributed by atoms with Crippen LogP contribution in [0.5, 0.6) is 11.5 Å². The molecule has 2 aliphatic rings. The van der Waals surface area contributed by atoms with E-state index in [0.717, 1.165) is 76.0 Å². The third kappa shape index (κ3) is 10.1. The molecule has 0 aromatic heterocycles. The summed E-state index contributed by atoms with van der Waals surface area (Å²) in [5.41, 5.74) is 1.31. The van der Waals surface area contributed by atoms with Crippen LogP contribution in [-0.4, -0.2) is 86.7 Å². The van der Waals surface area contributed by atoms with Gasteiger partial charge in [0.1, 0.15) is 11.5 Å². The molecule has 0 radical (unpaired) electrons. The molecule has 232 valence electrons. The number of nitrogens with zero attached hydrogens (tertiary/aromatic N) is 2. The summed E-state index contributed by atoms with van der Waals surface area (Å²) in [7, 11) is 11.7. The Kier molecular flexibility index (Phi) is 14.4. The Morgan fingerprint density at radius 2 is 0.878 bits per heavy atom. The highest BCUT2D eigenvalue weighted by molar-refractivity contribution is 5.85. The summed E-state index contributed by atoms with van der Waals surface area (Å²) in [5.74, 6) is 2.08. The molecule has 2 aromatic rings. The molecule has 4 rings (SSSR count). The van der Waals surface area contributed by atoms with E-state index >= 15 is 0 Å². The zero-order valence-corrected chi connectivity index (χ0v) is 27.1. The number of benzene rings is 2. The van der Waals surface area contributed by atoms with Crippen LogP contribution in [0.2, 0.25) is 0 Å². The quantitative estimate of drug-likeness (QED) is 0.330. The lowest BCUT2D eigenvalue weighted by Gasteiger charge is -2.40. The smallest absolute Gasteiger partial charge is 0.118 e. The molecule has 0 spiro atoms. The normalized spacial score (nSPS) is 19.4. The summed E-state index contributed by atoms with van der Waals surface area (Å²) >= 11 is 0. The van der Waals surface area contributed by atoms with E-state index in [-0.39, 0.29) is 24.2 Å². The van der Waals surface area contributed by atoms with Crippen molar-refractivity contribution in [1.29, 1.82) is 0 Å². The van der Waals surface area contributed by atoms with Gasteiger partial charge in [-0.15, -0.1) is 12.4 Å². The fraction of sp³-hybridized carbons (Fsp3) is 0.647. The molecule has 0 aliphatic heterocycles. The summed E-state index contributed by atoms with van der Waals surface area (Å²) in [4.78, 5) is 4.34. The van der Waals surface area contributed by atoms with Gasteiger partial charge in [0.15, 0.2) is 0 Å². The summed E-state index contributed by atoms with van der Waals surface area (Å²) in [6, 6.07) is 16.3. The molecular weight excluding hydrogens is 536 g/mol. The molecule has 2 aliphatic carbocycles. The number of rotatable bonds is 10. The maximum Gasteiger partial charge on any atom is 0.118 e. The zero-order valence-electron chi connectivity index (χ0n) is 26.3. The fourth-order valence-corrected chi connectivity index (χ4v) is 6.60. The van der Waals surface area contributed by atoms with Gasteiger partial charge in [-0.1, -0.05) is 62.8 Å². The molecule has 7 heteroatoms. The van der Waals surface area contributed by atoms with Gasteiger partial charge in [-0.3, -0.25) is 0 Å². The number of hydrogen-bond acceptors (Lipinski definition) is 6. The summed E-state index contributed by atoms with van der Waals surface area (Å²) < 4.78 is 10.5. The first-order valence-corrected chi connectivity index (χ1v) is 15.1. The molecule has 2 atom stereocenters. The van der Waals surface area contributed by atoms with Gasteiger partial charge in [0.25, 0.3) is 0 Å². The Labute approximate surface area is 255 Å². The number of methoxy groups -OCH3 is 2. The van der Waals surface area contributed by atoms with Crippen molar-refractivity contribution in [2.45, 2.75) is 87.2 Å². The van der Waals surface area contributed by atoms with Crippen molar-refractivity contribution in [3.63, 3.8) is 0 Å². The second-order valence-electron chi connectivity index (χ2n) is 12.5. The van der Waals surface area contributed by atoms with Crippen LogP contribution >= 0.6 is 12.4 Å². The Morgan fingerprint density at radius 3 is 1.12 bits per heavy atom. The van der Waals surface area contributed by atoms with Crippen molar-refractivity contribution in [2.75, 3.05) is 55.5 Å². The van der Waals surface area contributed by atoms with E-state index in [1.54, 1.807) is 14.2 Å². The number of hydrogen-bond donors (Lipinski definition) is 2. The van der Waals surface area contributed by atoms with Gasteiger partial charge in [0.05, 0.1) is 25.4 Å². The van der Waals surface area contributed by atoms with Crippen LogP contribution in [0.3, 0.4) is 0 Å². The molecule has 2 unspecified atom stereocenters. The van der Waals surface area contributed by atoms with Crippen molar-refractivity contribution >= 4 is 12.4 Å². The third-order valence-corrected chi connectivity index (χ3v) is 8.87. The molecule has 41 heavy (non-hydrogen) atoms. The van der Waals surface area contributed by atoms with Crippen molar-refractivity contribution in [3.8, 4) is 11.5 Å². The molecule has 2 aromatic carbocycles. The topological polar surface area (TPSA) is 65.4 Å². The fourth-order valence-electron chi connectivity index (χ4n) is 6.60. The lowest BCUT2D eigenvalue weighted by Crippen LogP contribution is -2.42. The number of likely N-dealkylation sites (N-methyl/N-ethyl adjacent to an activating group) is 2. The van der Waals surface area contributed by atoms with E-state index in [2.05, 4.69) is 62.3 Å². The Hall–Kier alpha value is -1.83. The van der Waals surface area contributed by atoms with Crippen LogP contribution < -0.4 is 9.47 Å². The van der Waals surface area contributed by atoms with E-state index in [1.165, 1.54) is 24.0 Å². The first kappa shape index (κ1) is 35.4. The average Bonchev–Trinajstić information content (AvgIpc) is 2.96. The Bertz CT molecular complexity index is 903. The lowest BCUT2D eigenvalue weighted by molar-refractivity contribution is -0.0280. The maximum absolute atomic E-state index is 11.1. The second kappa shape index (κ2) is 16.7. The highest BCUT2D eigenvalue weighted by Gasteiger charge is 2.40. The number of ether oxygens (including phenoxy) is 2. The van der Waals surface area contributed by atoms with E-state index in [0.29, 0.717) is 0 Å². The van der Waals surface area contributed by atoms with Crippen LogP contribution in [0, 0.1) is 0 Å². The Balaban J connectivity index is 0.000000280. The number of halogens is 1. The predicted molar refractivity (Wildman–Crippen MR) is 172 cm³/mol. The number of aliphatic hydroxyl groups is 2. The summed E-state index contributed by atoms with van der Waals surface area (Å²) in [5, 5.41) is 22.2. The second-order valence-corrected chi connectivity index (χ2v) is 12.5. The lowest BCUT2D eigenvalue weighted by atomic mass is 9.72. The van der Waals surface area contributed by atoms with Gasteiger partial charge < -0.3 is 29.5 Å². The third-order valence-electron chi connectivity index (χ3n) is 8.87. The van der Waals surface area contributed by atoms with Gasteiger partial charge in [0, 0.05) is 24.9 Å². The largest absolute Gasteiger partial charge is 0.497 e. The van der Waals surface area contributed by atoms with Crippen molar-refractivity contribution in [1.82, 2.24) is 9.80 Å². The highest BCUT2D eigenvalue weighted by Crippen LogP contribution is 2.41. The summed E-state index contributed by atoms with van der Waals surface area (Å²) in [6.45, 7) is 1.76. The van der Waals surface area contributed by atoms with E-state index in [9.17, 15) is 10.2 Å². The zero-order chi connectivity index (χ0) is 29.2. The van der Waals surface area contributed by atoms with Gasteiger partial charge in [0.2, 0.25) is 0 Å². The van der Waals surface area contributed by atoms with Crippen LogP contribution in [0.1, 0.15) is 87.2 Å². The van der Waals surface area contributed by atoms with E-state index in [1.807, 2.05) is 24.3 Å². The first-order valence-electron chi connectivity index (χ1n) is 15.1. The Morgan fingerprint density at radius 1 is 0.585 bits per heavy atom. The summed E-state index contributed by atoms with van der Waals surface area (Å²) in [6.07, 6.45) is 10.7. The molecule has 0 bridgehead atoms. The molecule has 2 N–H and O–H groups in total. The van der Waals surface area contributed by atoms with Crippen LogP contribution in [0.4, 0.5) is 0 Å². The SMILES string of the molecule is COc1ccc(C(CN(C)C)C2(O)CCCCC2)cc1.COc1ccc(C(CN(C)C)C2(O)CCCCC2)cc1.Cl. The minimum Gasteiger partial charge on any atom is -0.497 e. The monoisotopic (exact) mass is 590 g/mol.